The summed E-state index contributed by atoms with van der Waals surface area (Å²) in [6.07, 6.45) is 0.0526. The molecule has 0 bridgehead atoms. The van der Waals surface area contributed by atoms with Crippen LogP contribution in [0.5, 0.6) is 5.75 Å². The van der Waals surface area contributed by atoms with E-state index in [4.69, 9.17) is 16.3 Å². The average Bonchev–Trinajstić information content (AvgIpc) is 2.50. The highest BCUT2D eigenvalue weighted by Crippen LogP contribution is 2.23. The lowest BCUT2D eigenvalue weighted by Gasteiger charge is -2.19. The van der Waals surface area contributed by atoms with Crippen molar-refractivity contribution in [1.82, 2.24) is 0 Å². The van der Waals surface area contributed by atoms with E-state index in [0.717, 1.165) is 28.1 Å². The molecule has 2 aromatic rings. The molecule has 0 aliphatic rings. The van der Waals surface area contributed by atoms with E-state index in [9.17, 15) is 4.79 Å². The number of aryl methyl sites for hydroxylation is 3. The van der Waals surface area contributed by atoms with Crippen molar-refractivity contribution in [2.45, 2.75) is 40.2 Å². The third-order valence-electron chi connectivity index (χ3n) is 3.72. The van der Waals surface area contributed by atoms with Crippen LogP contribution < -0.4 is 10.1 Å². The number of ether oxygens (including phenoxy) is 1. The highest BCUT2D eigenvalue weighted by molar-refractivity contribution is 6.30. The minimum absolute atomic E-state index is 0.154. The number of carbonyl (C=O) groups is 1. The fourth-order valence-corrected chi connectivity index (χ4v) is 2.52. The fraction of sp³-hybridized carbons (Fsp3) is 0.316. The van der Waals surface area contributed by atoms with Crippen molar-refractivity contribution in [2.24, 2.45) is 0 Å². The second-order valence-corrected chi connectivity index (χ2v) is 6.17. The summed E-state index contributed by atoms with van der Waals surface area (Å²) >= 11 is 5.95. The second-order valence-electron chi connectivity index (χ2n) is 5.73. The Kier molecular flexibility index (Phi) is 5.67. The van der Waals surface area contributed by atoms with Gasteiger partial charge < -0.3 is 10.1 Å². The van der Waals surface area contributed by atoms with E-state index >= 15 is 0 Å². The maximum atomic E-state index is 12.5. The lowest BCUT2D eigenvalue weighted by atomic mass is 10.1. The van der Waals surface area contributed by atoms with Gasteiger partial charge >= 0.3 is 0 Å². The van der Waals surface area contributed by atoms with Crippen LogP contribution in [0.15, 0.2) is 36.4 Å². The molecule has 3 nitrogen and oxygen atoms in total. The molecule has 0 aliphatic carbocycles. The van der Waals surface area contributed by atoms with E-state index in [2.05, 4.69) is 5.32 Å². The van der Waals surface area contributed by atoms with Crippen LogP contribution in [0.3, 0.4) is 0 Å². The van der Waals surface area contributed by atoms with Crippen LogP contribution in [0.4, 0.5) is 5.69 Å². The molecule has 1 atom stereocenters. The summed E-state index contributed by atoms with van der Waals surface area (Å²) in [5.74, 6) is 0.596. The Morgan fingerprint density at radius 3 is 2.52 bits per heavy atom. The molecular formula is C19H22ClNO2. The molecule has 1 N–H and O–H groups in total. The summed E-state index contributed by atoms with van der Waals surface area (Å²) in [4.78, 5) is 12.5. The summed E-state index contributed by atoms with van der Waals surface area (Å²) in [5, 5.41) is 3.57. The zero-order valence-corrected chi connectivity index (χ0v) is 14.7. The molecule has 0 aromatic heterocycles. The molecule has 0 heterocycles. The van der Waals surface area contributed by atoms with Crippen LogP contribution >= 0.6 is 11.6 Å². The first kappa shape index (κ1) is 17.4. The SMILES string of the molecule is CCC(Oc1cc(C)ccc1C)C(=O)Nc1ccc(Cl)cc1C. The van der Waals surface area contributed by atoms with Gasteiger partial charge in [0.25, 0.3) is 5.91 Å². The first-order valence-corrected chi connectivity index (χ1v) is 8.09. The summed E-state index contributed by atoms with van der Waals surface area (Å²) in [6.45, 7) is 7.82. The highest BCUT2D eigenvalue weighted by Gasteiger charge is 2.20. The van der Waals surface area contributed by atoms with Gasteiger partial charge in [0.1, 0.15) is 5.75 Å². The minimum Gasteiger partial charge on any atom is -0.480 e. The number of anilines is 1. The van der Waals surface area contributed by atoms with Gasteiger partial charge in [-0.1, -0.05) is 30.7 Å². The van der Waals surface area contributed by atoms with Gasteiger partial charge in [0, 0.05) is 10.7 Å². The van der Waals surface area contributed by atoms with Gasteiger partial charge in [0.2, 0.25) is 0 Å². The Labute approximate surface area is 142 Å². The minimum atomic E-state index is -0.537. The molecule has 122 valence electrons. The van der Waals surface area contributed by atoms with Crippen LogP contribution in [0, 0.1) is 20.8 Å². The van der Waals surface area contributed by atoms with Gasteiger partial charge in [-0.25, -0.2) is 0 Å². The Balaban J connectivity index is 2.13. The third kappa shape index (κ3) is 4.49. The summed E-state index contributed by atoms with van der Waals surface area (Å²) < 4.78 is 5.93. The number of benzene rings is 2. The normalized spacial score (nSPS) is 11.9. The molecule has 0 saturated heterocycles. The summed E-state index contributed by atoms with van der Waals surface area (Å²) in [6, 6.07) is 11.4. The third-order valence-corrected chi connectivity index (χ3v) is 3.96. The molecular weight excluding hydrogens is 310 g/mol. The van der Waals surface area contributed by atoms with E-state index in [1.165, 1.54) is 0 Å². The Bertz CT molecular complexity index is 713. The van der Waals surface area contributed by atoms with Crippen molar-refractivity contribution in [3.8, 4) is 5.75 Å². The van der Waals surface area contributed by atoms with Crippen molar-refractivity contribution in [3.05, 3.63) is 58.1 Å². The highest BCUT2D eigenvalue weighted by atomic mass is 35.5. The zero-order valence-electron chi connectivity index (χ0n) is 13.9. The Hall–Kier alpha value is -2.00. The predicted octanol–water partition coefficient (Wildman–Crippen LogP) is 5.06. The van der Waals surface area contributed by atoms with Crippen molar-refractivity contribution < 1.29 is 9.53 Å². The number of carbonyl (C=O) groups excluding carboxylic acids is 1. The van der Waals surface area contributed by atoms with Gasteiger partial charge in [0.05, 0.1) is 0 Å². The van der Waals surface area contributed by atoms with Crippen LogP contribution in [-0.4, -0.2) is 12.0 Å². The van der Waals surface area contributed by atoms with E-state index in [1.54, 1.807) is 12.1 Å². The van der Waals surface area contributed by atoms with E-state index in [-0.39, 0.29) is 5.91 Å². The van der Waals surface area contributed by atoms with Gasteiger partial charge in [-0.05, 0) is 68.1 Å². The lowest BCUT2D eigenvalue weighted by molar-refractivity contribution is -0.122. The molecule has 0 radical (unpaired) electrons. The molecule has 4 heteroatoms. The van der Waals surface area contributed by atoms with Gasteiger partial charge in [-0.3, -0.25) is 4.79 Å². The first-order chi connectivity index (χ1) is 10.9. The number of nitrogens with one attached hydrogen (secondary N) is 1. The maximum Gasteiger partial charge on any atom is 0.265 e. The van der Waals surface area contributed by atoms with Crippen LogP contribution in [0.25, 0.3) is 0 Å². The molecule has 0 aliphatic heterocycles. The number of amides is 1. The molecule has 2 rings (SSSR count). The van der Waals surface area contributed by atoms with Crippen LogP contribution in [0.2, 0.25) is 5.02 Å². The molecule has 1 unspecified atom stereocenters. The molecule has 23 heavy (non-hydrogen) atoms. The number of hydrogen-bond acceptors (Lipinski definition) is 2. The van der Waals surface area contributed by atoms with E-state index < -0.39 is 6.10 Å². The molecule has 0 spiro atoms. The topological polar surface area (TPSA) is 38.3 Å². The molecule has 1 amide bonds. The monoisotopic (exact) mass is 331 g/mol. The van der Waals surface area contributed by atoms with Crippen molar-refractivity contribution >= 4 is 23.2 Å². The molecule has 0 fully saturated rings. The van der Waals surface area contributed by atoms with E-state index in [0.29, 0.717) is 11.4 Å². The van der Waals surface area contributed by atoms with Gasteiger partial charge in [-0.2, -0.15) is 0 Å². The number of halogens is 1. The number of hydrogen-bond donors (Lipinski definition) is 1. The average molecular weight is 332 g/mol. The van der Waals surface area contributed by atoms with E-state index in [1.807, 2.05) is 52.0 Å². The van der Waals surface area contributed by atoms with Crippen molar-refractivity contribution in [1.29, 1.82) is 0 Å². The standard InChI is InChI=1S/C19H22ClNO2/c1-5-17(23-18-10-12(2)6-7-13(18)3)19(22)21-16-9-8-15(20)11-14(16)4/h6-11,17H,5H2,1-4H3,(H,21,22). The van der Waals surface area contributed by atoms with Crippen molar-refractivity contribution in [3.63, 3.8) is 0 Å². The first-order valence-electron chi connectivity index (χ1n) is 7.71. The largest absolute Gasteiger partial charge is 0.480 e. The second kappa shape index (κ2) is 7.51. The Morgan fingerprint density at radius 2 is 1.87 bits per heavy atom. The summed E-state index contributed by atoms with van der Waals surface area (Å²) in [7, 11) is 0. The lowest BCUT2D eigenvalue weighted by Crippen LogP contribution is -2.32. The van der Waals surface area contributed by atoms with Gasteiger partial charge in [0.15, 0.2) is 6.10 Å². The fourth-order valence-electron chi connectivity index (χ4n) is 2.29. The van der Waals surface area contributed by atoms with Crippen molar-refractivity contribution in [2.75, 3.05) is 5.32 Å². The molecule has 2 aromatic carbocycles. The molecule has 0 saturated carbocycles. The zero-order chi connectivity index (χ0) is 17.0. The van der Waals surface area contributed by atoms with Crippen LogP contribution in [-0.2, 0) is 4.79 Å². The summed E-state index contributed by atoms with van der Waals surface area (Å²) in [5.41, 5.74) is 3.80. The Morgan fingerprint density at radius 1 is 1.13 bits per heavy atom. The predicted molar refractivity (Wildman–Crippen MR) is 95.4 cm³/mol. The quantitative estimate of drug-likeness (QED) is 0.831. The van der Waals surface area contributed by atoms with Crippen LogP contribution in [0.1, 0.15) is 30.0 Å². The smallest absolute Gasteiger partial charge is 0.265 e. The maximum absolute atomic E-state index is 12.5. The number of rotatable bonds is 5. The van der Waals surface area contributed by atoms with Gasteiger partial charge in [-0.15, -0.1) is 0 Å².